The number of aliphatic carboxylic acids is 1. The Morgan fingerprint density at radius 3 is 1.88 bits per heavy atom. The Morgan fingerprint density at radius 1 is 1.50 bits per heavy atom. The van der Waals surface area contributed by atoms with Crippen molar-refractivity contribution in [2.24, 2.45) is 0 Å². The number of hydrogen-bond donors (Lipinski definition) is 1. The van der Waals surface area contributed by atoms with Crippen molar-refractivity contribution in [3.8, 4) is 0 Å². The number of carbonyl (C=O) groups is 2. The summed E-state index contributed by atoms with van der Waals surface area (Å²) in [5.41, 5.74) is 0. The quantitative estimate of drug-likeness (QED) is 0.259. The first-order chi connectivity index (χ1) is 3.18. The van der Waals surface area contributed by atoms with Gasteiger partial charge in [0, 0.05) is 7.05 Å². The van der Waals surface area contributed by atoms with Gasteiger partial charge in [-0.25, -0.2) is 0 Å². The van der Waals surface area contributed by atoms with Gasteiger partial charge < -0.3 is 15.2 Å². The van der Waals surface area contributed by atoms with Crippen LogP contribution in [0.5, 0.6) is 0 Å². The number of nitrogens with one attached hydrogen (secondary N) is 1. The minimum absolute atomic E-state index is 0. The molecule has 1 N–H and O–H groups in total. The van der Waals surface area contributed by atoms with Crippen LogP contribution in [0.25, 0.3) is 0 Å². The first-order valence-electron chi connectivity index (χ1n) is 1.61. The predicted molar refractivity (Wildman–Crippen MR) is 19.1 cm³/mol. The van der Waals surface area contributed by atoms with Crippen molar-refractivity contribution >= 4 is 11.9 Å². The van der Waals surface area contributed by atoms with Crippen LogP contribution < -0.4 is 40.0 Å². The third-order valence-electron chi connectivity index (χ3n) is 0.412. The summed E-state index contributed by atoms with van der Waals surface area (Å²) < 4.78 is 0. The molecule has 0 radical (unpaired) electrons. The number of carbonyl (C=O) groups excluding carboxylic acids is 2. The molecule has 5 heteroatoms. The van der Waals surface area contributed by atoms with Gasteiger partial charge in [0.15, 0.2) is 0 Å². The van der Waals surface area contributed by atoms with E-state index in [0.29, 0.717) is 0 Å². The van der Waals surface area contributed by atoms with E-state index < -0.39 is 11.9 Å². The molecule has 0 fully saturated rings. The van der Waals surface area contributed by atoms with Crippen LogP contribution >= 0.6 is 0 Å². The van der Waals surface area contributed by atoms with Gasteiger partial charge in [0.2, 0.25) is 0 Å². The zero-order valence-corrected chi connectivity index (χ0v) is 6.72. The maximum atomic E-state index is 9.74. The molecule has 4 nitrogen and oxygen atoms in total. The molecule has 40 valence electrons. The van der Waals surface area contributed by atoms with Crippen LogP contribution in [0.3, 0.4) is 0 Å². The molecule has 0 aliphatic rings. The molecule has 0 bridgehead atoms. The van der Waals surface area contributed by atoms with E-state index in [-0.39, 0.29) is 29.6 Å². The maximum Gasteiger partial charge on any atom is 1.00 e. The predicted octanol–water partition coefficient (Wildman–Crippen LogP) is -5.51. The topological polar surface area (TPSA) is 69.2 Å². The Labute approximate surface area is 68.5 Å². The van der Waals surface area contributed by atoms with E-state index >= 15 is 0 Å². The molecule has 0 aromatic heterocycles. The van der Waals surface area contributed by atoms with E-state index in [4.69, 9.17) is 0 Å². The minimum Gasteiger partial charge on any atom is -0.540 e. The van der Waals surface area contributed by atoms with Gasteiger partial charge in [-0.3, -0.25) is 4.79 Å². The number of likely N-dealkylation sites (N-methyl/N-ethyl adjacent to an activating group) is 1. The van der Waals surface area contributed by atoms with Crippen LogP contribution in [0, 0.1) is 0 Å². The van der Waals surface area contributed by atoms with Crippen LogP contribution in [-0.4, -0.2) is 18.9 Å². The van der Waals surface area contributed by atoms with Crippen LogP contribution in [0.15, 0.2) is 0 Å². The van der Waals surface area contributed by atoms with Gasteiger partial charge in [0.25, 0.3) is 5.91 Å². The van der Waals surface area contributed by atoms with E-state index in [1.54, 1.807) is 0 Å². The molecule has 0 aliphatic carbocycles. The Balaban J connectivity index is 0. The SMILES string of the molecule is CNC(=O)C(=O)[O-].[Na+]. The third-order valence-corrected chi connectivity index (χ3v) is 0.412. The minimum atomic E-state index is -1.71. The molecule has 0 saturated carbocycles. The van der Waals surface area contributed by atoms with E-state index in [1.807, 2.05) is 5.32 Å². The largest absolute Gasteiger partial charge is 1.00 e. The fraction of sp³-hybridized carbons (Fsp3) is 0.333. The van der Waals surface area contributed by atoms with Gasteiger partial charge in [0.05, 0.1) is 0 Å². The number of carboxylic acids is 1. The van der Waals surface area contributed by atoms with Crippen molar-refractivity contribution < 1.29 is 44.3 Å². The molecule has 0 aliphatic heterocycles. The molecule has 8 heavy (non-hydrogen) atoms. The normalized spacial score (nSPS) is 6.62. The summed E-state index contributed by atoms with van der Waals surface area (Å²) in [7, 11) is 1.22. The Kier molecular flexibility index (Phi) is 6.89. The number of rotatable bonds is 0. The number of hydrogen-bond acceptors (Lipinski definition) is 3. The van der Waals surface area contributed by atoms with E-state index in [2.05, 4.69) is 0 Å². The molecule has 0 atom stereocenters. The van der Waals surface area contributed by atoms with Crippen LogP contribution in [0.2, 0.25) is 0 Å². The summed E-state index contributed by atoms with van der Waals surface area (Å²) in [6, 6.07) is 0. The summed E-state index contributed by atoms with van der Waals surface area (Å²) in [6.07, 6.45) is 0. The average Bonchev–Trinajstić information content (AvgIpc) is 1.65. The fourth-order valence-electron chi connectivity index (χ4n) is 0.102. The first-order valence-corrected chi connectivity index (χ1v) is 1.61. The molecule has 0 aromatic rings. The van der Waals surface area contributed by atoms with Crippen molar-refractivity contribution in [3.05, 3.63) is 0 Å². The zero-order chi connectivity index (χ0) is 5.86. The first kappa shape index (κ1) is 10.8. The average molecular weight is 125 g/mol. The Hall–Kier alpha value is -0.0600. The van der Waals surface area contributed by atoms with Gasteiger partial charge in [-0.1, -0.05) is 0 Å². The van der Waals surface area contributed by atoms with Crippen molar-refractivity contribution in [3.63, 3.8) is 0 Å². The Bertz CT molecular complexity index is 103. The van der Waals surface area contributed by atoms with Crippen molar-refractivity contribution in [2.45, 2.75) is 0 Å². The van der Waals surface area contributed by atoms with Gasteiger partial charge in [-0.15, -0.1) is 0 Å². The molecular weight excluding hydrogens is 121 g/mol. The Morgan fingerprint density at radius 2 is 1.88 bits per heavy atom. The maximum absolute atomic E-state index is 9.74. The summed E-state index contributed by atoms with van der Waals surface area (Å²) >= 11 is 0. The molecule has 0 unspecified atom stereocenters. The van der Waals surface area contributed by atoms with E-state index in [0.717, 1.165) is 0 Å². The molecular formula is C3H4NNaO3. The van der Waals surface area contributed by atoms with Gasteiger partial charge in [-0.2, -0.15) is 0 Å². The second-order valence-electron chi connectivity index (χ2n) is 0.867. The fourth-order valence-corrected chi connectivity index (χ4v) is 0.102. The molecule has 0 saturated heterocycles. The zero-order valence-electron chi connectivity index (χ0n) is 4.72. The van der Waals surface area contributed by atoms with Gasteiger partial charge >= 0.3 is 29.6 Å². The van der Waals surface area contributed by atoms with Crippen LogP contribution in [0.4, 0.5) is 0 Å². The summed E-state index contributed by atoms with van der Waals surface area (Å²) in [5, 5.41) is 11.3. The molecule has 0 rings (SSSR count). The molecule has 0 spiro atoms. The van der Waals surface area contributed by atoms with Crippen molar-refractivity contribution in [2.75, 3.05) is 7.05 Å². The van der Waals surface area contributed by atoms with E-state index in [9.17, 15) is 14.7 Å². The number of carboxylic acid groups (broad SMARTS) is 1. The molecule has 0 heterocycles. The monoisotopic (exact) mass is 125 g/mol. The standard InChI is InChI=1S/C3H5NO3.Na/c1-4-2(5)3(6)7;/h1H3,(H,4,5)(H,6,7);/q;+1/p-1. The summed E-state index contributed by atoms with van der Waals surface area (Å²) in [4.78, 5) is 19.1. The smallest absolute Gasteiger partial charge is 0.540 e. The van der Waals surface area contributed by atoms with Crippen molar-refractivity contribution in [1.82, 2.24) is 5.32 Å². The summed E-state index contributed by atoms with van der Waals surface area (Å²) in [6.45, 7) is 0. The number of amides is 1. The van der Waals surface area contributed by atoms with Crippen LogP contribution in [-0.2, 0) is 9.59 Å². The van der Waals surface area contributed by atoms with Crippen LogP contribution in [0.1, 0.15) is 0 Å². The molecule has 0 aromatic carbocycles. The third kappa shape index (κ3) is 4.11. The second-order valence-corrected chi connectivity index (χ2v) is 0.867. The summed E-state index contributed by atoms with van der Waals surface area (Å²) in [5.74, 6) is -2.80. The molecule has 1 amide bonds. The van der Waals surface area contributed by atoms with Crippen molar-refractivity contribution in [1.29, 1.82) is 0 Å². The second kappa shape index (κ2) is 5.08. The van der Waals surface area contributed by atoms with Gasteiger partial charge in [0.1, 0.15) is 5.97 Å². The van der Waals surface area contributed by atoms with E-state index in [1.165, 1.54) is 7.05 Å². The van der Waals surface area contributed by atoms with Gasteiger partial charge in [-0.05, 0) is 0 Å².